The van der Waals surface area contributed by atoms with Crippen LogP contribution in [0.1, 0.15) is 0 Å². The Labute approximate surface area is 93.4 Å². The summed E-state index contributed by atoms with van der Waals surface area (Å²) in [6, 6.07) is 1.27. The van der Waals surface area contributed by atoms with Gasteiger partial charge in [-0.2, -0.15) is 0 Å². The largest absolute Gasteiger partial charge is 0.481 e. The van der Waals surface area contributed by atoms with Crippen molar-refractivity contribution in [3.63, 3.8) is 0 Å². The summed E-state index contributed by atoms with van der Waals surface area (Å²) in [5.41, 5.74) is -0.245. The first kappa shape index (κ1) is 11.7. The molecule has 0 unspecified atom stereocenters. The van der Waals surface area contributed by atoms with Crippen molar-refractivity contribution in [3.8, 4) is 0 Å². The molecule has 0 saturated heterocycles. The maximum Gasteiger partial charge on any atom is 0.313 e. The molecular formula is C7H5ClN2O4S. The van der Waals surface area contributed by atoms with Crippen LogP contribution in [0.4, 0.5) is 5.69 Å². The molecule has 80 valence electrons. The highest BCUT2D eigenvalue weighted by atomic mass is 35.5. The third-order valence-electron chi connectivity index (χ3n) is 1.36. The average Bonchev–Trinajstić information content (AvgIpc) is 2.14. The summed E-state index contributed by atoms with van der Waals surface area (Å²) in [7, 11) is 0. The van der Waals surface area contributed by atoms with Gasteiger partial charge in [0.2, 0.25) is 0 Å². The number of hydrogen-bond acceptors (Lipinski definition) is 5. The van der Waals surface area contributed by atoms with Crippen LogP contribution in [0.15, 0.2) is 17.2 Å². The lowest BCUT2D eigenvalue weighted by molar-refractivity contribution is -0.388. The van der Waals surface area contributed by atoms with Crippen LogP contribution in [0.25, 0.3) is 0 Å². The van der Waals surface area contributed by atoms with Gasteiger partial charge >= 0.3 is 11.7 Å². The van der Waals surface area contributed by atoms with E-state index in [9.17, 15) is 14.9 Å². The lowest BCUT2D eigenvalue weighted by atomic mass is 10.4. The molecule has 8 heteroatoms. The predicted octanol–water partition coefficient (Wildman–Crippen LogP) is 1.82. The molecule has 0 saturated carbocycles. The van der Waals surface area contributed by atoms with Gasteiger partial charge in [-0.05, 0) is 6.07 Å². The number of thioether (sulfide) groups is 1. The highest BCUT2D eigenvalue weighted by Gasteiger charge is 2.16. The molecule has 1 heterocycles. The number of nitrogens with zero attached hydrogens (tertiary/aromatic N) is 2. The Morgan fingerprint density at radius 1 is 1.73 bits per heavy atom. The van der Waals surface area contributed by atoms with Crippen molar-refractivity contribution in [1.82, 2.24) is 4.98 Å². The monoisotopic (exact) mass is 248 g/mol. The van der Waals surface area contributed by atoms with Crippen LogP contribution in [0.2, 0.25) is 5.15 Å². The summed E-state index contributed by atoms with van der Waals surface area (Å²) < 4.78 is 0. The molecule has 1 aromatic heterocycles. The lowest BCUT2D eigenvalue weighted by Crippen LogP contribution is -1.99. The number of carboxylic acids is 1. The summed E-state index contributed by atoms with van der Waals surface area (Å²) in [4.78, 5) is 24.0. The molecule has 15 heavy (non-hydrogen) atoms. The number of carbonyl (C=O) groups is 1. The van der Waals surface area contributed by atoms with E-state index in [1.165, 1.54) is 6.07 Å². The van der Waals surface area contributed by atoms with Crippen molar-refractivity contribution >= 4 is 35.0 Å². The fourth-order valence-electron chi connectivity index (χ4n) is 0.798. The fourth-order valence-corrected chi connectivity index (χ4v) is 1.77. The van der Waals surface area contributed by atoms with Gasteiger partial charge in [-0.15, -0.1) is 11.8 Å². The maximum absolute atomic E-state index is 10.5. The molecule has 6 nitrogen and oxygen atoms in total. The van der Waals surface area contributed by atoms with Gasteiger partial charge in [0.25, 0.3) is 0 Å². The summed E-state index contributed by atoms with van der Waals surface area (Å²) >= 11 is 6.37. The number of hydrogen-bond donors (Lipinski definition) is 1. The van der Waals surface area contributed by atoms with Crippen molar-refractivity contribution in [2.45, 2.75) is 4.90 Å². The summed E-state index contributed by atoms with van der Waals surface area (Å²) in [6.07, 6.45) is 1.01. The van der Waals surface area contributed by atoms with Crippen molar-refractivity contribution in [3.05, 3.63) is 27.5 Å². The molecule has 0 aliphatic carbocycles. The van der Waals surface area contributed by atoms with Crippen molar-refractivity contribution < 1.29 is 14.8 Å². The number of pyridine rings is 1. The molecule has 0 amide bonds. The summed E-state index contributed by atoms with van der Waals surface area (Å²) in [5.74, 6) is -1.32. The molecule has 0 aliphatic heterocycles. The van der Waals surface area contributed by atoms with Crippen LogP contribution in [0.3, 0.4) is 0 Å². The quantitative estimate of drug-likeness (QED) is 0.378. The molecule has 0 aliphatic rings. The van der Waals surface area contributed by atoms with Crippen molar-refractivity contribution in [1.29, 1.82) is 0 Å². The third-order valence-corrected chi connectivity index (χ3v) is 2.60. The smallest absolute Gasteiger partial charge is 0.313 e. The highest BCUT2D eigenvalue weighted by molar-refractivity contribution is 8.00. The number of aromatic nitrogens is 1. The highest BCUT2D eigenvalue weighted by Crippen LogP contribution is 2.29. The average molecular weight is 249 g/mol. The standard InChI is InChI=1S/C7H5ClN2O4S/c8-6-1-5(15-3-7(11)12)4(2-9-6)10(13)14/h1-2H,3H2,(H,11,12). The minimum Gasteiger partial charge on any atom is -0.481 e. The topological polar surface area (TPSA) is 93.3 Å². The van der Waals surface area contributed by atoms with E-state index in [1.54, 1.807) is 0 Å². The van der Waals surface area contributed by atoms with Crippen LogP contribution in [0.5, 0.6) is 0 Å². The van der Waals surface area contributed by atoms with E-state index in [4.69, 9.17) is 16.7 Å². The van der Waals surface area contributed by atoms with E-state index in [0.717, 1.165) is 18.0 Å². The Balaban J connectivity index is 2.96. The normalized spacial score (nSPS) is 9.93. The molecule has 0 bridgehead atoms. The van der Waals surface area contributed by atoms with Crippen molar-refractivity contribution in [2.75, 3.05) is 5.75 Å². The Hall–Kier alpha value is -1.34. The Morgan fingerprint density at radius 3 is 2.93 bits per heavy atom. The van der Waals surface area contributed by atoms with Crippen LogP contribution >= 0.6 is 23.4 Å². The zero-order valence-electron chi connectivity index (χ0n) is 7.21. The van der Waals surface area contributed by atoms with E-state index in [1.807, 2.05) is 0 Å². The van der Waals surface area contributed by atoms with Crippen LogP contribution in [-0.4, -0.2) is 26.7 Å². The van der Waals surface area contributed by atoms with Gasteiger partial charge in [-0.3, -0.25) is 14.9 Å². The summed E-state index contributed by atoms with van der Waals surface area (Å²) in [5, 5.41) is 19.1. The SMILES string of the molecule is O=C(O)CSc1cc(Cl)ncc1[N+](=O)[O-]. The van der Waals surface area contributed by atoms with Crippen LogP contribution in [-0.2, 0) is 4.79 Å². The zero-order chi connectivity index (χ0) is 11.4. The molecule has 0 spiro atoms. The first-order valence-electron chi connectivity index (χ1n) is 3.65. The molecule has 1 N–H and O–H groups in total. The molecule has 0 radical (unpaired) electrons. The molecular weight excluding hydrogens is 244 g/mol. The van der Waals surface area contributed by atoms with Gasteiger partial charge in [-0.1, -0.05) is 11.6 Å². The van der Waals surface area contributed by atoms with Gasteiger partial charge in [0.15, 0.2) is 0 Å². The van der Waals surface area contributed by atoms with Gasteiger partial charge < -0.3 is 5.11 Å². The third kappa shape index (κ3) is 3.37. The summed E-state index contributed by atoms with van der Waals surface area (Å²) in [6.45, 7) is 0. The fraction of sp³-hybridized carbons (Fsp3) is 0.143. The number of nitro groups is 1. The van der Waals surface area contributed by atoms with E-state index < -0.39 is 10.9 Å². The number of rotatable bonds is 4. The van der Waals surface area contributed by atoms with Crippen molar-refractivity contribution in [2.24, 2.45) is 0 Å². The van der Waals surface area contributed by atoms with E-state index in [-0.39, 0.29) is 21.5 Å². The molecule has 1 aromatic rings. The molecule has 0 fully saturated rings. The van der Waals surface area contributed by atoms with Crippen LogP contribution in [0, 0.1) is 10.1 Å². The predicted molar refractivity (Wildman–Crippen MR) is 54.3 cm³/mol. The minimum absolute atomic E-state index is 0.0912. The Kier molecular flexibility index (Phi) is 3.87. The molecule has 0 atom stereocenters. The molecule has 1 rings (SSSR count). The van der Waals surface area contributed by atoms with E-state index in [2.05, 4.69) is 4.98 Å². The molecule has 0 aromatic carbocycles. The number of halogens is 1. The van der Waals surface area contributed by atoms with Gasteiger partial charge in [-0.25, -0.2) is 4.98 Å². The second-order valence-electron chi connectivity index (χ2n) is 2.41. The first-order chi connectivity index (χ1) is 7.00. The van der Waals surface area contributed by atoms with E-state index in [0.29, 0.717) is 0 Å². The number of carboxylic acid groups (broad SMARTS) is 1. The van der Waals surface area contributed by atoms with Gasteiger partial charge in [0.05, 0.1) is 15.6 Å². The van der Waals surface area contributed by atoms with Gasteiger partial charge in [0, 0.05) is 0 Å². The maximum atomic E-state index is 10.5. The number of aliphatic carboxylic acids is 1. The minimum atomic E-state index is -1.05. The van der Waals surface area contributed by atoms with Crippen LogP contribution < -0.4 is 0 Å². The van der Waals surface area contributed by atoms with E-state index >= 15 is 0 Å². The Morgan fingerprint density at radius 2 is 2.40 bits per heavy atom. The second kappa shape index (κ2) is 4.94. The Bertz CT molecular complexity index is 412. The van der Waals surface area contributed by atoms with Gasteiger partial charge in [0.1, 0.15) is 11.3 Å². The first-order valence-corrected chi connectivity index (χ1v) is 5.01. The second-order valence-corrected chi connectivity index (χ2v) is 3.82. The zero-order valence-corrected chi connectivity index (χ0v) is 8.79. The lowest BCUT2D eigenvalue weighted by Gasteiger charge is -2.00.